The predicted octanol–water partition coefficient (Wildman–Crippen LogP) is 6.92. The van der Waals surface area contributed by atoms with Crippen molar-refractivity contribution in [1.29, 1.82) is 0 Å². The first kappa shape index (κ1) is 27.3. The van der Waals surface area contributed by atoms with Crippen LogP contribution in [-0.4, -0.2) is 49.3 Å². The minimum Gasteiger partial charge on any atom is -0.432 e. The van der Waals surface area contributed by atoms with Gasteiger partial charge in [-0.2, -0.15) is 0 Å². The van der Waals surface area contributed by atoms with E-state index in [2.05, 4.69) is 79.7 Å². The smallest absolute Gasteiger partial charge is 0.188 e. The Kier molecular flexibility index (Phi) is 8.53. The first-order chi connectivity index (χ1) is 12.9. The molecule has 0 aromatic heterocycles. The second-order valence-corrected chi connectivity index (χ2v) is 21.4. The van der Waals surface area contributed by atoms with Gasteiger partial charge in [-0.3, -0.25) is 4.90 Å². The predicted molar refractivity (Wildman–Crippen MR) is 134 cm³/mol. The summed E-state index contributed by atoms with van der Waals surface area (Å²) in [4.78, 5) is 24.4. The normalized spacial score (nSPS) is 28.0. The van der Waals surface area contributed by atoms with Gasteiger partial charge in [-0.1, -0.05) is 41.5 Å². The van der Waals surface area contributed by atoms with Crippen molar-refractivity contribution in [3.63, 3.8) is 0 Å². The van der Waals surface area contributed by atoms with E-state index in [1.54, 1.807) is 0 Å². The van der Waals surface area contributed by atoms with Crippen molar-refractivity contribution in [1.82, 2.24) is 4.90 Å². The Morgan fingerprint density at radius 2 is 1.07 bits per heavy atom. The molecular weight excluding hydrogens is 390 g/mol. The molecule has 0 aromatic carbocycles. The minimum absolute atomic E-state index is 0.0385. The Bertz CT molecular complexity index is 490. The van der Waals surface area contributed by atoms with Gasteiger partial charge in [-0.25, -0.2) is 0 Å². The van der Waals surface area contributed by atoms with Crippen LogP contribution in [0.5, 0.6) is 0 Å². The van der Waals surface area contributed by atoms with Crippen molar-refractivity contribution in [3.05, 3.63) is 0 Å². The van der Waals surface area contributed by atoms with Crippen LogP contribution in [0.25, 0.3) is 0 Å². The van der Waals surface area contributed by atoms with Gasteiger partial charge >= 0.3 is 0 Å². The van der Waals surface area contributed by atoms with Crippen LogP contribution in [-0.2, 0) is 0 Å². The van der Waals surface area contributed by atoms with Gasteiger partial charge in [0.25, 0.3) is 0 Å². The SMILES string of the molecule is CCC1(CCC(C)(C)[Si](C)(C)O)CCCC(CC)(CCC(C)(C)[Si](C)(C)O)N1C. The zero-order chi connectivity index (χ0) is 22.9. The molecule has 0 spiro atoms. The molecule has 1 rings (SSSR count). The zero-order valence-electron chi connectivity index (χ0n) is 21.7. The van der Waals surface area contributed by atoms with E-state index < -0.39 is 16.6 Å². The van der Waals surface area contributed by atoms with E-state index >= 15 is 0 Å². The number of hydrogen-bond acceptors (Lipinski definition) is 3. The van der Waals surface area contributed by atoms with Crippen LogP contribution < -0.4 is 0 Å². The molecule has 2 unspecified atom stereocenters. The van der Waals surface area contributed by atoms with Crippen molar-refractivity contribution < 1.29 is 9.59 Å². The first-order valence-electron chi connectivity index (χ1n) is 12.1. The summed E-state index contributed by atoms with van der Waals surface area (Å²) in [7, 11) is -1.98. The summed E-state index contributed by atoms with van der Waals surface area (Å²) in [5.41, 5.74) is 0.475. The number of nitrogens with zero attached hydrogens (tertiary/aromatic N) is 1. The fourth-order valence-electron chi connectivity index (χ4n) is 5.05. The maximum absolute atomic E-state index is 10.8. The van der Waals surface area contributed by atoms with Crippen LogP contribution in [0, 0.1) is 0 Å². The number of rotatable bonds is 10. The fraction of sp³-hybridized carbons (Fsp3) is 1.00. The first-order valence-corrected chi connectivity index (χ1v) is 18.0. The summed E-state index contributed by atoms with van der Waals surface area (Å²) in [6, 6.07) is 0. The number of piperidine rings is 1. The standard InChI is InChI=1S/C24H53NO2Si2/c1-12-23(19-17-21(3,4)28(8,9)26)15-14-16-24(13-2,25(23)7)20-18-22(5,6)29(10,11)27/h26-27H,12-20H2,1-11H3. The molecule has 2 N–H and O–H groups in total. The molecule has 0 saturated carbocycles. The Morgan fingerprint density at radius 3 is 1.31 bits per heavy atom. The highest BCUT2D eigenvalue weighted by atomic mass is 28.4. The fourth-order valence-corrected chi connectivity index (χ4v) is 6.53. The Morgan fingerprint density at radius 1 is 0.759 bits per heavy atom. The molecule has 1 aliphatic rings. The van der Waals surface area contributed by atoms with Crippen molar-refractivity contribution in [2.24, 2.45) is 0 Å². The van der Waals surface area contributed by atoms with Crippen LogP contribution in [0.2, 0.25) is 36.3 Å². The van der Waals surface area contributed by atoms with Gasteiger partial charge in [0.05, 0.1) is 0 Å². The third-order valence-electron chi connectivity index (χ3n) is 9.77. The van der Waals surface area contributed by atoms with Crippen LogP contribution in [0.1, 0.15) is 99.3 Å². The topological polar surface area (TPSA) is 43.7 Å². The summed E-state index contributed by atoms with van der Waals surface area (Å²) in [5.74, 6) is 0. The monoisotopic (exact) mass is 443 g/mol. The van der Waals surface area contributed by atoms with E-state index in [1.165, 1.54) is 44.9 Å². The molecule has 1 fully saturated rings. The van der Waals surface area contributed by atoms with Crippen LogP contribution in [0.15, 0.2) is 0 Å². The average molecular weight is 444 g/mol. The third kappa shape index (κ3) is 5.77. The molecule has 1 saturated heterocycles. The summed E-state index contributed by atoms with van der Waals surface area (Å²) in [5, 5.41) is 0.0771. The highest BCUT2D eigenvalue weighted by Crippen LogP contribution is 2.51. The Balaban J connectivity index is 3.09. The van der Waals surface area contributed by atoms with Gasteiger partial charge in [0.1, 0.15) is 0 Å². The molecule has 5 heteroatoms. The van der Waals surface area contributed by atoms with E-state index in [9.17, 15) is 9.59 Å². The molecule has 0 aromatic rings. The van der Waals surface area contributed by atoms with Gasteiger partial charge in [0.15, 0.2) is 16.6 Å². The Labute approximate surface area is 184 Å². The highest BCUT2D eigenvalue weighted by Gasteiger charge is 2.50. The average Bonchev–Trinajstić information content (AvgIpc) is 2.58. The molecule has 1 aliphatic heterocycles. The van der Waals surface area contributed by atoms with E-state index in [1.807, 2.05) is 0 Å². The van der Waals surface area contributed by atoms with Crippen LogP contribution >= 0.6 is 0 Å². The van der Waals surface area contributed by atoms with Gasteiger partial charge in [-0.15, -0.1) is 0 Å². The lowest BCUT2D eigenvalue weighted by atomic mass is 9.69. The molecule has 3 nitrogen and oxygen atoms in total. The maximum Gasteiger partial charge on any atom is 0.188 e. The van der Waals surface area contributed by atoms with Crippen molar-refractivity contribution in [3.8, 4) is 0 Å². The van der Waals surface area contributed by atoms with E-state index in [0.29, 0.717) is 0 Å². The Hall–Kier alpha value is 0.314. The second-order valence-electron chi connectivity index (χ2n) is 12.5. The lowest BCUT2D eigenvalue weighted by Gasteiger charge is -2.58. The lowest BCUT2D eigenvalue weighted by molar-refractivity contribution is -0.0625. The van der Waals surface area contributed by atoms with Gasteiger partial charge < -0.3 is 9.59 Å². The quantitative estimate of drug-likeness (QED) is 0.360. The van der Waals surface area contributed by atoms with Gasteiger partial charge in [0, 0.05) is 11.1 Å². The molecule has 2 atom stereocenters. The molecule has 29 heavy (non-hydrogen) atoms. The van der Waals surface area contributed by atoms with Crippen molar-refractivity contribution in [2.75, 3.05) is 7.05 Å². The van der Waals surface area contributed by atoms with Crippen molar-refractivity contribution in [2.45, 2.75) is 147 Å². The molecule has 1 heterocycles. The van der Waals surface area contributed by atoms with Gasteiger partial charge in [0.2, 0.25) is 0 Å². The molecule has 0 radical (unpaired) electrons. The number of likely N-dealkylation sites (tertiary alicyclic amines) is 1. The van der Waals surface area contributed by atoms with E-state index in [0.717, 1.165) is 12.8 Å². The third-order valence-corrected chi connectivity index (χ3v) is 16.9. The van der Waals surface area contributed by atoms with Crippen LogP contribution in [0.4, 0.5) is 0 Å². The van der Waals surface area contributed by atoms with E-state index in [4.69, 9.17) is 0 Å². The number of hydrogen-bond donors (Lipinski definition) is 2. The molecular formula is C24H53NO2Si2. The maximum atomic E-state index is 10.8. The summed E-state index contributed by atoms with van der Waals surface area (Å²) in [6.45, 7) is 22.2. The summed E-state index contributed by atoms with van der Waals surface area (Å²) in [6.07, 6.45) is 10.8. The largest absolute Gasteiger partial charge is 0.432 e. The molecule has 174 valence electrons. The zero-order valence-corrected chi connectivity index (χ0v) is 23.7. The molecule has 0 amide bonds. The van der Waals surface area contributed by atoms with Crippen molar-refractivity contribution >= 4 is 16.6 Å². The minimum atomic E-state index is -2.18. The molecule has 0 bridgehead atoms. The molecule has 0 aliphatic carbocycles. The lowest BCUT2D eigenvalue weighted by Crippen LogP contribution is -2.62. The van der Waals surface area contributed by atoms with Gasteiger partial charge in [-0.05, 0) is 101 Å². The van der Waals surface area contributed by atoms with Crippen LogP contribution in [0.3, 0.4) is 0 Å². The summed E-state index contributed by atoms with van der Waals surface area (Å²) < 4.78 is 0. The highest BCUT2D eigenvalue weighted by molar-refractivity contribution is 6.73. The van der Waals surface area contributed by atoms with E-state index in [-0.39, 0.29) is 21.2 Å². The summed E-state index contributed by atoms with van der Waals surface area (Å²) >= 11 is 0. The second kappa shape index (κ2) is 9.05.